The van der Waals surface area contributed by atoms with Crippen molar-refractivity contribution < 1.29 is 32.6 Å². The molecule has 3 rings (SSSR count). The predicted molar refractivity (Wildman–Crippen MR) is 89.9 cm³/mol. The van der Waals surface area contributed by atoms with Crippen LogP contribution in [-0.4, -0.2) is 29.8 Å². The highest BCUT2D eigenvalue weighted by atomic mass is 19.4. The molecule has 2 N–H and O–H groups in total. The lowest BCUT2D eigenvalue weighted by Crippen LogP contribution is -2.41. The number of carboxylic acid groups (broad SMARTS) is 1. The molecular formula is C19H20F3NO4. The number of carbonyl (C=O) groups is 2. The number of carbonyl (C=O) groups excluding carboxylic acids is 1. The van der Waals surface area contributed by atoms with Crippen LogP contribution in [0.15, 0.2) is 36.4 Å². The number of halogens is 3. The Morgan fingerprint density at radius 1 is 1.19 bits per heavy atom. The third kappa shape index (κ3) is 4.26. The molecule has 0 spiro atoms. The molecule has 5 atom stereocenters. The van der Waals surface area contributed by atoms with Crippen molar-refractivity contribution in [2.45, 2.75) is 25.6 Å². The van der Waals surface area contributed by atoms with E-state index in [1.165, 1.54) is 12.1 Å². The molecule has 2 aliphatic carbocycles. The van der Waals surface area contributed by atoms with Crippen LogP contribution in [0.25, 0.3) is 0 Å². The highest BCUT2D eigenvalue weighted by Crippen LogP contribution is 2.48. The quantitative estimate of drug-likeness (QED) is 0.739. The van der Waals surface area contributed by atoms with Gasteiger partial charge in [-0.05, 0) is 42.9 Å². The Balaban J connectivity index is 1.61. The van der Waals surface area contributed by atoms with E-state index in [-0.39, 0.29) is 23.5 Å². The number of alkyl halides is 3. The van der Waals surface area contributed by atoms with Crippen molar-refractivity contribution >= 4 is 11.9 Å². The Bertz CT molecular complexity index is 744. The molecule has 0 radical (unpaired) electrons. The first kappa shape index (κ1) is 19.3. The number of allylic oxidation sites excluding steroid dienone is 2. The summed E-state index contributed by atoms with van der Waals surface area (Å²) in [7, 11) is 0. The molecule has 5 nitrogen and oxygen atoms in total. The van der Waals surface area contributed by atoms with Gasteiger partial charge in [0.25, 0.3) is 0 Å². The van der Waals surface area contributed by atoms with E-state index in [2.05, 4.69) is 10.1 Å². The number of fused-ring (bicyclic) bond motifs is 2. The topological polar surface area (TPSA) is 75.6 Å². The van der Waals surface area contributed by atoms with E-state index in [1.807, 2.05) is 12.2 Å². The molecule has 1 aromatic rings. The first-order valence-corrected chi connectivity index (χ1v) is 8.67. The van der Waals surface area contributed by atoms with Gasteiger partial charge in [0.05, 0.1) is 17.9 Å². The van der Waals surface area contributed by atoms with Gasteiger partial charge in [-0.1, -0.05) is 24.3 Å². The minimum atomic E-state index is -4.41. The van der Waals surface area contributed by atoms with Crippen molar-refractivity contribution in [1.82, 2.24) is 5.32 Å². The van der Waals surface area contributed by atoms with E-state index in [1.54, 1.807) is 19.1 Å². The summed E-state index contributed by atoms with van der Waals surface area (Å²) in [5.74, 6) is -2.70. The fourth-order valence-corrected chi connectivity index (χ4v) is 3.93. The molecule has 8 heteroatoms. The number of ether oxygens (including phenoxy) is 1. The van der Waals surface area contributed by atoms with E-state index in [0.717, 1.165) is 0 Å². The SMILES string of the molecule is C[C@H](NC(=O)[C@@H]1[C@@H](C(=O)O)[C@H]2C=C[C@H]1C2)c1ccc(OCC(F)(F)F)cc1. The lowest BCUT2D eigenvalue weighted by atomic mass is 9.82. The second-order valence-corrected chi connectivity index (χ2v) is 7.04. The predicted octanol–water partition coefficient (Wildman–Crippen LogP) is 3.33. The van der Waals surface area contributed by atoms with Gasteiger partial charge in [0.15, 0.2) is 6.61 Å². The first-order chi connectivity index (χ1) is 12.7. The minimum Gasteiger partial charge on any atom is -0.484 e. The summed E-state index contributed by atoms with van der Waals surface area (Å²) >= 11 is 0. The summed E-state index contributed by atoms with van der Waals surface area (Å²) in [5.41, 5.74) is 0.688. The molecule has 0 heterocycles. The van der Waals surface area contributed by atoms with Gasteiger partial charge in [-0.25, -0.2) is 0 Å². The number of amides is 1. The van der Waals surface area contributed by atoms with Crippen molar-refractivity contribution in [2.75, 3.05) is 6.61 Å². The molecule has 1 fully saturated rings. The monoisotopic (exact) mass is 383 g/mol. The smallest absolute Gasteiger partial charge is 0.422 e. The fourth-order valence-electron chi connectivity index (χ4n) is 3.93. The molecule has 146 valence electrons. The van der Waals surface area contributed by atoms with Gasteiger partial charge < -0.3 is 15.2 Å². The molecule has 0 aliphatic heterocycles. The number of aliphatic carboxylic acids is 1. The molecule has 27 heavy (non-hydrogen) atoms. The van der Waals surface area contributed by atoms with Gasteiger partial charge in [-0.15, -0.1) is 0 Å². The van der Waals surface area contributed by atoms with Crippen LogP contribution in [0.2, 0.25) is 0 Å². The number of hydrogen-bond donors (Lipinski definition) is 2. The van der Waals surface area contributed by atoms with Gasteiger partial charge in [-0.3, -0.25) is 9.59 Å². The average Bonchev–Trinajstić information content (AvgIpc) is 3.20. The van der Waals surface area contributed by atoms with Gasteiger partial charge in [0, 0.05) is 0 Å². The van der Waals surface area contributed by atoms with Crippen molar-refractivity contribution in [2.24, 2.45) is 23.7 Å². The summed E-state index contributed by atoms with van der Waals surface area (Å²) < 4.78 is 41.2. The third-order valence-electron chi connectivity index (χ3n) is 5.19. The Morgan fingerprint density at radius 2 is 1.78 bits per heavy atom. The molecule has 0 aromatic heterocycles. The van der Waals surface area contributed by atoms with E-state index in [0.29, 0.717) is 12.0 Å². The summed E-state index contributed by atoms with van der Waals surface area (Å²) in [6, 6.07) is 5.55. The molecule has 1 amide bonds. The Morgan fingerprint density at radius 3 is 2.33 bits per heavy atom. The highest BCUT2D eigenvalue weighted by molar-refractivity contribution is 5.87. The lowest BCUT2D eigenvalue weighted by Gasteiger charge is -2.26. The number of nitrogens with one attached hydrogen (secondary N) is 1. The zero-order valence-electron chi connectivity index (χ0n) is 14.6. The largest absolute Gasteiger partial charge is 0.484 e. The van der Waals surface area contributed by atoms with Crippen LogP contribution < -0.4 is 10.1 Å². The Kier molecular flexibility index (Phi) is 5.17. The first-order valence-electron chi connectivity index (χ1n) is 8.67. The Hall–Kier alpha value is -2.51. The molecule has 2 bridgehead atoms. The van der Waals surface area contributed by atoms with Gasteiger partial charge in [0.2, 0.25) is 5.91 Å². The molecule has 1 saturated carbocycles. The number of benzene rings is 1. The zero-order chi connectivity index (χ0) is 19.8. The second kappa shape index (κ2) is 7.25. The number of carboxylic acids is 1. The van der Waals surface area contributed by atoms with Crippen molar-refractivity contribution in [3.63, 3.8) is 0 Å². The normalized spacial score (nSPS) is 27.4. The summed E-state index contributed by atoms with van der Waals surface area (Å²) in [6.07, 6.45) is 0.0482. The van der Waals surface area contributed by atoms with Gasteiger partial charge in [0.1, 0.15) is 5.75 Å². The van der Waals surface area contributed by atoms with E-state index in [4.69, 9.17) is 0 Å². The van der Waals surface area contributed by atoms with Crippen LogP contribution in [0.3, 0.4) is 0 Å². The van der Waals surface area contributed by atoms with E-state index in [9.17, 15) is 27.9 Å². The molecular weight excluding hydrogens is 363 g/mol. The van der Waals surface area contributed by atoms with Crippen molar-refractivity contribution in [3.8, 4) is 5.75 Å². The zero-order valence-corrected chi connectivity index (χ0v) is 14.6. The molecule has 1 aromatic carbocycles. The van der Waals surface area contributed by atoms with Crippen molar-refractivity contribution in [3.05, 3.63) is 42.0 Å². The lowest BCUT2D eigenvalue weighted by molar-refractivity contribution is -0.153. The van der Waals surface area contributed by atoms with E-state index >= 15 is 0 Å². The summed E-state index contributed by atoms with van der Waals surface area (Å²) in [4.78, 5) is 24.2. The number of hydrogen-bond acceptors (Lipinski definition) is 3. The maximum atomic E-state index is 12.7. The standard InChI is InChI=1S/C19H20F3NO4/c1-10(11-4-6-14(7-5-11)27-9-19(20,21)22)23-17(24)15-12-2-3-13(8-12)16(15)18(25)26/h2-7,10,12-13,15-16H,8-9H2,1H3,(H,23,24)(H,25,26)/t10-,12-,13-,15-,16-/m0/s1. The average molecular weight is 383 g/mol. The summed E-state index contributed by atoms with van der Waals surface area (Å²) in [6.45, 7) is 0.370. The molecule has 0 unspecified atom stereocenters. The maximum Gasteiger partial charge on any atom is 0.422 e. The van der Waals surface area contributed by atoms with Crippen LogP contribution in [0.4, 0.5) is 13.2 Å². The van der Waals surface area contributed by atoms with E-state index < -0.39 is 36.6 Å². The van der Waals surface area contributed by atoms with Crippen LogP contribution >= 0.6 is 0 Å². The van der Waals surface area contributed by atoms with Crippen molar-refractivity contribution in [1.29, 1.82) is 0 Å². The minimum absolute atomic E-state index is 0.0681. The van der Waals surface area contributed by atoms with Crippen LogP contribution in [-0.2, 0) is 9.59 Å². The summed E-state index contributed by atoms with van der Waals surface area (Å²) in [5, 5.41) is 12.3. The second-order valence-electron chi connectivity index (χ2n) is 7.04. The van der Waals surface area contributed by atoms with Crippen LogP contribution in [0, 0.1) is 23.7 Å². The van der Waals surface area contributed by atoms with Gasteiger partial charge in [-0.2, -0.15) is 13.2 Å². The third-order valence-corrected chi connectivity index (χ3v) is 5.19. The van der Waals surface area contributed by atoms with Crippen LogP contribution in [0.1, 0.15) is 24.9 Å². The number of rotatable bonds is 6. The highest BCUT2D eigenvalue weighted by Gasteiger charge is 2.51. The maximum absolute atomic E-state index is 12.7. The van der Waals surface area contributed by atoms with Gasteiger partial charge >= 0.3 is 12.1 Å². The molecule has 0 saturated heterocycles. The molecule has 2 aliphatic rings. The fraction of sp³-hybridized carbons (Fsp3) is 0.474. The Labute approximate surface area is 154 Å². The van der Waals surface area contributed by atoms with Crippen LogP contribution in [0.5, 0.6) is 5.75 Å².